The van der Waals surface area contributed by atoms with Gasteiger partial charge in [0.2, 0.25) is 0 Å². The van der Waals surface area contributed by atoms with Gasteiger partial charge in [0.15, 0.2) is 5.11 Å². The van der Waals surface area contributed by atoms with Crippen LogP contribution in [0.2, 0.25) is 0 Å². The fourth-order valence-corrected chi connectivity index (χ4v) is 2.06. The lowest BCUT2D eigenvalue weighted by molar-refractivity contribution is 0.396. The average molecular weight is 229 g/mol. The average Bonchev–Trinajstić information content (AvgIpc) is 2.44. The van der Waals surface area contributed by atoms with Crippen molar-refractivity contribution in [3.05, 3.63) is 0 Å². The molecule has 0 radical (unpaired) electrons. The van der Waals surface area contributed by atoms with E-state index < -0.39 is 0 Å². The van der Waals surface area contributed by atoms with Crippen LogP contribution in [0.1, 0.15) is 25.7 Å². The molecule has 15 heavy (non-hydrogen) atoms. The summed E-state index contributed by atoms with van der Waals surface area (Å²) in [6.45, 7) is 4.25. The van der Waals surface area contributed by atoms with Crippen molar-refractivity contribution < 1.29 is 0 Å². The molecule has 0 aromatic rings. The van der Waals surface area contributed by atoms with Gasteiger partial charge in [0.05, 0.1) is 0 Å². The third-order valence-corrected chi connectivity index (χ3v) is 3.13. The second-order valence-corrected chi connectivity index (χ2v) is 4.82. The van der Waals surface area contributed by atoms with E-state index in [1.165, 1.54) is 25.7 Å². The van der Waals surface area contributed by atoms with Gasteiger partial charge in [0.25, 0.3) is 0 Å². The molecule has 1 aliphatic rings. The number of hydrogen-bond donors (Lipinski definition) is 1. The SMILES string of the molecule is CN(C)CCNC(=S)N1CCCCCC1. The zero-order valence-electron chi connectivity index (χ0n) is 9.96. The first-order valence-electron chi connectivity index (χ1n) is 5.87. The summed E-state index contributed by atoms with van der Waals surface area (Å²) in [5.41, 5.74) is 0. The van der Waals surface area contributed by atoms with Crippen molar-refractivity contribution in [2.45, 2.75) is 25.7 Å². The van der Waals surface area contributed by atoms with E-state index in [9.17, 15) is 0 Å². The molecule has 0 aromatic heterocycles. The van der Waals surface area contributed by atoms with Crippen LogP contribution in [0.5, 0.6) is 0 Å². The number of hydrogen-bond acceptors (Lipinski definition) is 2. The molecule has 88 valence electrons. The minimum Gasteiger partial charge on any atom is -0.361 e. The van der Waals surface area contributed by atoms with Crippen LogP contribution in [-0.2, 0) is 0 Å². The van der Waals surface area contributed by atoms with Crippen molar-refractivity contribution in [3.8, 4) is 0 Å². The first-order valence-corrected chi connectivity index (χ1v) is 6.28. The van der Waals surface area contributed by atoms with Gasteiger partial charge in [-0.3, -0.25) is 0 Å². The Morgan fingerprint density at radius 2 is 1.80 bits per heavy atom. The predicted molar refractivity (Wildman–Crippen MR) is 69.2 cm³/mol. The van der Waals surface area contributed by atoms with Crippen LogP contribution >= 0.6 is 12.2 Å². The first kappa shape index (κ1) is 12.7. The van der Waals surface area contributed by atoms with Gasteiger partial charge in [0.1, 0.15) is 0 Å². The topological polar surface area (TPSA) is 18.5 Å². The van der Waals surface area contributed by atoms with Crippen LogP contribution in [0.15, 0.2) is 0 Å². The van der Waals surface area contributed by atoms with E-state index in [2.05, 4.69) is 29.2 Å². The Labute approximate surface area is 98.8 Å². The molecule has 0 bridgehead atoms. The molecule has 3 nitrogen and oxygen atoms in total. The zero-order chi connectivity index (χ0) is 11.1. The summed E-state index contributed by atoms with van der Waals surface area (Å²) in [4.78, 5) is 4.48. The number of rotatable bonds is 3. The normalized spacial score (nSPS) is 17.7. The number of likely N-dealkylation sites (tertiary alicyclic amines) is 1. The third kappa shape index (κ3) is 5.33. The van der Waals surface area contributed by atoms with Crippen LogP contribution in [0.4, 0.5) is 0 Å². The Kier molecular flexibility index (Phi) is 5.95. The summed E-state index contributed by atoms with van der Waals surface area (Å²) >= 11 is 5.38. The number of nitrogens with zero attached hydrogens (tertiary/aromatic N) is 2. The highest BCUT2D eigenvalue weighted by molar-refractivity contribution is 7.80. The lowest BCUT2D eigenvalue weighted by Crippen LogP contribution is -2.42. The molecule has 0 saturated carbocycles. The third-order valence-electron chi connectivity index (χ3n) is 2.73. The molecule has 4 heteroatoms. The molecule has 1 heterocycles. The van der Waals surface area contributed by atoms with Crippen LogP contribution in [-0.4, -0.2) is 55.2 Å². The monoisotopic (exact) mass is 229 g/mol. The molecular formula is C11H23N3S. The Hall–Kier alpha value is -0.350. The second kappa shape index (κ2) is 7.01. The van der Waals surface area contributed by atoms with Gasteiger partial charge in [-0.15, -0.1) is 0 Å². The Morgan fingerprint density at radius 1 is 1.20 bits per heavy atom. The molecule has 0 atom stereocenters. The smallest absolute Gasteiger partial charge is 0.168 e. The summed E-state index contributed by atoms with van der Waals surface area (Å²) in [5, 5.41) is 4.27. The standard InChI is InChI=1S/C11H23N3S/c1-13(2)10-7-12-11(15)14-8-5-3-4-6-9-14/h3-10H2,1-2H3,(H,12,15). The number of likely N-dealkylation sites (N-methyl/N-ethyl adjacent to an activating group) is 1. The van der Waals surface area contributed by atoms with Crippen molar-refractivity contribution >= 4 is 17.3 Å². The summed E-state index contributed by atoms with van der Waals surface area (Å²) in [6.07, 6.45) is 5.29. The lowest BCUT2D eigenvalue weighted by Gasteiger charge is -2.24. The van der Waals surface area contributed by atoms with E-state index in [-0.39, 0.29) is 0 Å². The van der Waals surface area contributed by atoms with Crippen LogP contribution in [0.25, 0.3) is 0 Å². The van der Waals surface area contributed by atoms with E-state index >= 15 is 0 Å². The van der Waals surface area contributed by atoms with Gasteiger partial charge < -0.3 is 15.1 Å². The summed E-state index contributed by atoms with van der Waals surface area (Å²) in [6, 6.07) is 0. The van der Waals surface area contributed by atoms with E-state index in [1.807, 2.05) is 0 Å². The fourth-order valence-electron chi connectivity index (χ4n) is 1.77. The van der Waals surface area contributed by atoms with Crippen molar-refractivity contribution in [1.82, 2.24) is 15.1 Å². The Balaban J connectivity index is 2.19. The summed E-state index contributed by atoms with van der Waals surface area (Å²) in [5.74, 6) is 0. The van der Waals surface area contributed by atoms with Crippen molar-refractivity contribution in [2.75, 3.05) is 40.3 Å². The molecule has 0 aromatic carbocycles. The quantitative estimate of drug-likeness (QED) is 0.735. The summed E-state index contributed by atoms with van der Waals surface area (Å²) < 4.78 is 0. The molecule has 1 aliphatic heterocycles. The molecule has 0 spiro atoms. The van der Waals surface area contributed by atoms with Gasteiger partial charge in [-0.2, -0.15) is 0 Å². The summed E-state index contributed by atoms with van der Waals surface area (Å²) in [7, 11) is 4.16. The largest absolute Gasteiger partial charge is 0.361 e. The van der Waals surface area contributed by atoms with Gasteiger partial charge in [-0.25, -0.2) is 0 Å². The van der Waals surface area contributed by atoms with E-state index in [4.69, 9.17) is 12.2 Å². The van der Waals surface area contributed by atoms with E-state index in [0.717, 1.165) is 31.3 Å². The lowest BCUT2D eigenvalue weighted by atomic mass is 10.2. The van der Waals surface area contributed by atoms with Gasteiger partial charge in [0, 0.05) is 26.2 Å². The highest BCUT2D eigenvalue weighted by atomic mass is 32.1. The number of thiocarbonyl (C=S) groups is 1. The van der Waals surface area contributed by atoms with E-state index in [0.29, 0.717) is 0 Å². The van der Waals surface area contributed by atoms with Gasteiger partial charge in [-0.1, -0.05) is 12.8 Å². The molecule has 1 saturated heterocycles. The minimum absolute atomic E-state index is 0.943. The molecular weight excluding hydrogens is 206 g/mol. The molecule has 0 amide bonds. The van der Waals surface area contributed by atoms with Gasteiger partial charge in [-0.05, 0) is 39.2 Å². The van der Waals surface area contributed by atoms with Crippen molar-refractivity contribution in [2.24, 2.45) is 0 Å². The van der Waals surface area contributed by atoms with Crippen LogP contribution in [0, 0.1) is 0 Å². The molecule has 1 fully saturated rings. The van der Waals surface area contributed by atoms with Gasteiger partial charge >= 0.3 is 0 Å². The second-order valence-electron chi connectivity index (χ2n) is 4.44. The number of nitrogens with one attached hydrogen (secondary N) is 1. The maximum atomic E-state index is 5.38. The van der Waals surface area contributed by atoms with Crippen molar-refractivity contribution in [3.63, 3.8) is 0 Å². The highest BCUT2D eigenvalue weighted by Crippen LogP contribution is 2.09. The fraction of sp³-hybridized carbons (Fsp3) is 0.909. The zero-order valence-corrected chi connectivity index (χ0v) is 10.8. The van der Waals surface area contributed by atoms with Crippen LogP contribution < -0.4 is 5.32 Å². The van der Waals surface area contributed by atoms with E-state index in [1.54, 1.807) is 0 Å². The highest BCUT2D eigenvalue weighted by Gasteiger charge is 2.11. The maximum absolute atomic E-state index is 5.38. The molecule has 1 N–H and O–H groups in total. The maximum Gasteiger partial charge on any atom is 0.168 e. The molecule has 0 unspecified atom stereocenters. The molecule has 0 aliphatic carbocycles. The first-order chi connectivity index (χ1) is 7.20. The Bertz CT molecular complexity index is 186. The predicted octanol–water partition coefficient (Wildman–Crippen LogP) is 1.30. The minimum atomic E-state index is 0.943. The Morgan fingerprint density at radius 3 is 2.33 bits per heavy atom. The van der Waals surface area contributed by atoms with Crippen molar-refractivity contribution in [1.29, 1.82) is 0 Å². The van der Waals surface area contributed by atoms with Crippen LogP contribution in [0.3, 0.4) is 0 Å². The molecule has 1 rings (SSSR count).